The maximum absolute atomic E-state index is 12.2. The van der Waals surface area contributed by atoms with Gasteiger partial charge >= 0.3 is 5.69 Å². The molecule has 0 atom stereocenters. The molecule has 2 aromatic carbocycles. The fraction of sp³-hybridized carbons (Fsp3) is 0.261. The maximum Gasteiger partial charge on any atom is 0.347 e. The average Bonchev–Trinajstić information content (AvgIpc) is 3.23. The van der Waals surface area contributed by atoms with Crippen molar-refractivity contribution in [3.63, 3.8) is 0 Å². The predicted octanol–water partition coefficient (Wildman–Crippen LogP) is 2.58. The number of aromatic nitrogens is 4. The molecule has 3 heterocycles. The lowest BCUT2D eigenvalue weighted by Gasteiger charge is -2.26. The van der Waals surface area contributed by atoms with Crippen molar-refractivity contribution in [1.82, 2.24) is 24.0 Å². The molecule has 7 heteroatoms. The van der Waals surface area contributed by atoms with Crippen molar-refractivity contribution >= 4 is 11.0 Å². The Hall–Kier alpha value is -3.29. The van der Waals surface area contributed by atoms with E-state index in [-0.39, 0.29) is 5.69 Å². The normalized spacial score (nSPS) is 14.9. The Balaban J connectivity index is 1.41. The van der Waals surface area contributed by atoms with Crippen LogP contribution >= 0.6 is 0 Å². The summed E-state index contributed by atoms with van der Waals surface area (Å²) in [6.45, 7) is 4.75. The number of nitrogens with zero attached hydrogens (tertiary/aromatic N) is 5. The second kappa shape index (κ2) is 8.22. The molecule has 7 nitrogen and oxygen atoms in total. The van der Waals surface area contributed by atoms with Crippen LogP contribution in [0.3, 0.4) is 0 Å². The number of morpholine rings is 1. The molecule has 0 amide bonds. The van der Waals surface area contributed by atoms with E-state index >= 15 is 0 Å². The van der Waals surface area contributed by atoms with E-state index in [1.165, 1.54) is 0 Å². The van der Waals surface area contributed by atoms with Crippen molar-refractivity contribution in [3.8, 4) is 16.8 Å². The lowest BCUT2D eigenvalue weighted by Crippen LogP contribution is -2.39. The van der Waals surface area contributed by atoms with Crippen LogP contribution in [0.1, 0.15) is 0 Å². The third-order valence-electron chi connectivity index (χ3n) is 5.53. The largest absolute Gasteiger partial charge is 0.379 e. The highest BCUT2D eigenvalue weighted by molar-refractivity contribution is 5.83. The Morgan fingerprint density at radius 2 is 1.77 bits per heavy atom. The highest BCUT2D eigenvalue weighted by Crippen LogP contribution is 2.24. The minimum absolute atomic E-state index is 0.221. The zero-order chi connectivity index (χ0) is 20.3. The second-order valence-corrected chi connectivity index (χ2v) is 7.43. The van der Waals surface area contributed by atoms with Gasteiger partial charge in [0.1, 0.15) is 6.33 Å². The van der Waals surface area contributed by atoms with Crippen molar-refractivity contribution in [3.05, 3.63) is 77.7 Å². The molecule has 0 radical (unpaired) electrons. The van der Waals surface area contributed by atoms with Gasteiger partial charge in [-0.05, 0) is 29.8 Å². The van der Waals surface area contributed by atoms with E-state index < -0.39 is 0 Å². The van der Waals surface area contributed by atoms with Gasteiger partial charge < -0.3 is 4.74 Å². The zero-order valence-corrected chi connectivity index (χ0v) is 16.6. The van der Waals surface area contributed by atoms with Crippen LogP contribution in [0.25, 0.3) is 27.8 Å². The number of fused-ring (bicyclic) bond motifs is 1. The van der Waals surface area contributed by atoms with E-state index in [9.17, 15) is 4.79 Å². The quantitative estimate of drug-likeness (QED) is 0.514. The molecule has 0 spiro atoms. The molecule has 152 valence electrons. The fourth-order valence-electron chi connectivity index (χ4n) is 3.83. The van der Waals surface area contributed by atoms with Gasteiger partial charge in [-0.3, -0.25) is 14.0 Å². The second-order valence-electron chi connectivity index (χ2n) is 7.43. The van der Waals surface area contributed by atoms with Gasteiger partial charge in [-0.25, -0.2) is 14.8 Å². The lowest BCUT2D eigenvalue weighted by atomic mass is 10.1. The van der Waals surface area contributed by atoms with Crippen LogP contribution in [-0.2, 0) is 11.3 Å². The molecule has 0 saturated carbocycles. The number of hydrogen-bond acceptors (Lipinski definition) is 5. The Morgan fingerprint density at radius 3 is 2.60 bits per heavy atom. The first-order valence-electron chi connectivity index (χ1n) is 10.2. The third-order valence-corrected chi connectivity index (χ3v) is 5.53. The summed E-state index contributed by atoms with van der Waals surface area (Å²) in [7, 11) is 0. The van der Waals surface area contributed by atoms with Gasteiger partial charge in [-0.15, -0.1) is 0 Å². The summed E-state index contributed by atoms with van der Waals surface area (Å²) in [6.07, 6.45) is 5.37. The van der Waals surface area contributed by atoms with Gasteiger partial charge in [0, 0.05) is 49.8 Å². The van der Waals surface area contributed by atoms with Crippen molar-refractivity contribution < 1.29 is 4.74 Å². The number of para-hydroxylation sites is 1. The SMILES string of the molecule is O=c1ncc(-c2ccc3c(c2)ncn3-c2ccccc2)cn1CCN1CCOCC1. The van der Waals surface area contributed by atoms with Crippen molar-refractivity contribution in [1.29, 1.82) is 0 Å². The van der Waals surface area contributed by atoms with E-state index in [2.05, 4.69) is 43.7 Å². The fourth-order valence-corrected chi connectivity index (χ4v) is 3.83. The highest BCUT2D eigenvalue weighted by atomic mass is 16.5. The van der Waals surface area contributed by atoms with Crippen LogP contribution in [-0.4, -0.2) is 56.9 Å². The zero-order valence-electron chi connectivity index (χ0n) is 16.6. The van der Waals surface area contributed by atoms with Gasteiger partial charge in [-0.1, -0.05) is 24.3 Å². The Kier molecular flexibility index (Phi) is 5.13. The number of rotatable bonds is 5. The maximum atomic E-state index is 12.2. The molecular formula is C23H23N5O2. The molecule has 1 aliphatic heterocycles. The lowest BCUT2D eigenvalue weighted by molar-refractivity contribution is 0.0362. The molecule has 5 rings (SSSR count). The Morgan fingerprint density at radius 1 is 0.933 bits per heavy atom. The van der Waals surface area contributed by atoms with Crippen molar-refractivity contribution in [2.24, 2.45) is 0 Å². The van der Waals surface area contributed by atoms with E-state index in [4.69, 9.17) is 4.74 Å². The molecule has 0 bridgehead atoms. The summed E-state index contributed by atoms with van der Waals surface area (Å²) in [5.41, 5.74) is 4.70. The summed E-state index contributed by atoms with van der Waals surface area (Å²) < 4.78 is 9.15. The highest BCUT2D eigenvalue weighted by Gasteiger charge is 2.12. The molecule has 0 aliphatic carbocycles. The first-order chi connectivity index (χ1) is 14.8. The molecule has 1 aliphatic rings. The van der Waals surface area contributed by atoms with E-state index in [1.807, 2.05) is 36.8 Å². The van der Waals surface area contributed by atoms with Crippen LogP contribution in [0, 0.1) is 0 Å². The standard InChI is InChI=1S/C23H23N5O2/c29-23-24-15-19(16-27(23)9-8-26-10-12-30-13-11-26)18-6-7-22-21(14-18)25-17-28(22)20-4-2-1-3-5-20/h1-7,14-17H,8-13H2. The summed E-state index contributed by atoms with van der Waals surface area (Å²) >= 11 is 0. The molecule has 0 unspecified atom stereocenters. The smallest absolute Gasteiger partial charge is 0.347 e. The molecule has 1 saturated heterocycles. The number of hydrogen-bond donors (Lipinski definition) is 0. The van der Waals surface area contributed by atoms with Crippen LogP contribution < -0.4 is 5.69 Å². The first-order valence-corrected chi connectivity index (χ1v) is 10.2. The third kappa shape index (κ3) is 3.77. The summed E-state index contributed by atoms with van der Waals surface area (Å²) in [5.74, 6) is 0. The minimum Gasteiger partial charge on any atom is -0.379 e. The van der Waals surface area contributed by atoms with Gasteiger partial charge in [-0.2, -0.15) is 0 Å². The average molecular weight is 401 g/mol. The van der Waals surface area contributed by atoms with E-state index in [0.29, 0.717) is 6.54 Å². The molecule has 1 fully saturated rings. The Labute approximate surface area is 174 Å². The number of ether oxygens (including phenoxy) is 1. The number of benzene rings is 2. The molecule has 0 N–H and O–H groups in total. The van der Waals surface area contributed by atoms with Gasteiger partial charge in [0.05, 0.1) is 24.2 Å². The minimum atomic E-state index is -0.221. The van der Waals surface area contributed by atoms with E-state index in [0.717, 1.165) is 60.7 Å². The summed E-state index contributed by atoms with van der Waals surface area (Å²) in [6, 6.07) is 16.3. The van der Waals surface area contributed by atoms with Crippen LogP contribution in [0.15, 0.2) is 72.0 Å². The van der Waals surface area contributed by atoms with Crippen molar-refractivity contribution in [2.45, 2.75) is 6.54 Å². The van der Waals surface area contributed by atoms with Gasteiger partial charge in [0.25, 0.3) is 0 Å². The van der Waals surface area contributed by atoms with Gasteiger partial charge in [0.2, 0.25) is 0 Å². The topological polar surface area (TPSA) is 65.2 Å². The van der Waals surface area contributed by atoms with Crippen molar-refractivity contribution in [2.75, 3.05) is 32.8 Å². The molecule has 30 heavy (non-hydrogen) atoms. The van der Waals surface area contributed by atoms with Gasteiger partial charge in [0.15, 0.2) is 0 Å². The molecular weight excluding hydrogens is 378 g/mol. The Bertz CT molecular complexity index is 1210. The summed E-state index contributed by atoms with van der Waals surface area (Å²) in [5, 5.41) is 0. The predicted molar refractivity (Wildman–Crippen MR) is 116 cm³/mol. The monoisotopic (exact) mass is 401 g/mol. The summed E-state index contributed by atoms with van der Waals surface area (Å²) in [4.78, 5) is 23.2. The molecule has 4 aromatic rings. The molecule has 2 aromatic heterocycles. The van der Waals surface area contributed by atoms with Crippen LogP contribution in [0.5, 0.6) is 0 Å². The van der Waals surface area contributed by atoms with Crippen LogP contribution in [0.2, 0.25) is 0 Å². The number of imidazole rings is 1. The first kappa shape index (κ1) is 18.7. The van der Waals surface area contributed by atoms with Crippen LogP contribution in [0.4, 0.5) is 0 Å². The van der Waals surface area contributed by atoms with E-state index in [1.54, 1.807) is 10.8 Å².